The van der Waals surface area contributed by atoms with E-state index in [-0.39, 0.29) is 0 Å². The van der Waals surface area contributed by atoms with Crippen LogP contribution < -0.4 is 11.1 Å². The zero-order valence-corrected chi connectivity index (χ0v) is 12.0. The number of anilines is 2. The van der Waals surface area contributed by atoms with Crippen molar-refractivity contribution < 1.29 is 0 Å². The number of nitrogens with two attached hydrogens (primary N) is 1. The average Bonchev–Trinajstić information content (AvgIpc) is 2.95. The Bertz CT molecular complexity index is 596. The van der Waals surface area contributed by atoms with E-state index in [1.54, 1.807) is 6.20 Å². The number of rotatable bonds is 4. The summed E-state index contributed by atoms with van der Waals surface area (Å²) >= 11 is 0. The highest BCUT2D eigenvalue weighted by Crippen LogP contribution is 2.28. The normalized spacial score (nSPS) is 19.6. The van der Waals surface area contributed by atoms with E-state index in [0.717, 1.165) is 41.3 Å². The minimum absolute atomic E-state index is 0.721. The lowest BCUT2D eigenvalue weighted by molar-refractivity contribution is 0.345. The minimum atomic E-state index is 0.721. The van der Waals surface area contributed by atoms with Crippen molar-refractivity contribution in [2.24, 2.45) is 5.92 Å². The number of hydrogen-bond acceptors (Lipinski definition) is 4. The predicted octanol–water partition coefficient (Wildman–Crippen LogP) is 2.57. The summed E-state index contributed by atoms with van der Waals surface area (Å²) in [4.78, 5) is 6.83. The van der Waals surface area contributed by atoms with Crippen molar-refractivity contribution in [2.75, 3.05) is 37.2 Å². The summed E-state index contributed by atoms with van der Waals surface area (Å²) in [6.45, 7) is 6.79. The third-order valence-corrected chi connectivity index (χ3v) is 4.23. The van der Waals surface area contributed by atoms with Gasteiger partial charge in [0.25, 0.3) is 0 Å². The maximum Gasteiger partial charge on any atom is 0.0724 e. The lowest BCUT2D eigenvalue weighted by Crippen LogP contribution is -2.22. The molecule has 4 heteroatoms. The smallest absolute Gasteiger partial charge is 0.0724 e. The maximum atomic E-state index is 6.24. The third-order valence-electron chi connectivity index (χ3n) is 4.23. The van der Waals surface area contributed by atoms with Crippen LogP contribution in [0, 0.1) is 5.92 Å². The second-order valence-corrected chi connectivity index (χ2v) is 5.53. The highest BCUT2D eigenvalue weighted by Gasteiger charge is 2.20. The monoisotopic (exact) mass is 270 g/mol. The van der Waals surface area contributed by atoms with Gasteiger partial charge < -0.3 is 16.0 Å². The van der Waals surface area contributed by atoms with E-state index in [9.17, 15) is 0 Å². The molecule has 1 unspecified atom stereocenters. The molecule has 3 rings (SSSR count). The number of likely N-dealkylation sites (tertiary alicyclic amines) is 1. The molecule has 4 nitrogen and oxygen atoms in total. The molecule has 0 spiro atoms. The number of nitrogen functional groups attached to an aromatic ring is 1. The summed E-state index contributed by atoms with van der Waals surface area (Å²) in [6, 6.07) is 8.02. The van der Waals surface area contributed by atoms with Gasteiger partial charge in [0.15, 0.2) is 0 Å². The Kier molecular flexibility index (Phi) is 3.74. The molecule has 1 saturated heterocycles. The van der Waals surface area contributed by atoms with Crippen LogP contribution in [0.1, 0.15) is 13.3 Å². The van der Waals surface area contributed by atoms with Gasteiger partial charge in [0.2, 0.25) is 0 Å². The lowest BCUT2D eigenvalue weighted by Gasteiger charge is -2.16. The molecule has 0 radical (unpaired) electrons. The van der Waals surface area contributed by atoms with Crippen LogP contribution in [0.3, 0.4) is 0 Å². The standard InChI is InChI=1S/C16H22N4/c1-2-20-9-7-12(11-20)10-19-15-6-5-14-13(16(15)17)4-3-8-18-14/h3-6,8,12,19H,2,7,9-11,17H2,1H3. The second-order valence-electron chi connectivity index (χ2n) is 5.53. The number of pyridine rings is 1. The van der Waals surface area contributed by atoms with Crippen LogP contribution in [0.25, 0.3) is 10.9 Å². The Balaban J connectivity index is 1.70. The van der Waals surface area contributed by atoms with Gasteiger partial charge in [-0.25, -0.2) is 0 Å². The first-order chi connectivity index (χ1) is 9.78. The van der Waals surface area contributed by atoms with E-state index in [1.165, 1.54) is 19.5 Å². The minimum Gasteiger partial charge on any atom is -0.397 e. The molecule has 0 amide bonds. The van der Waals surface area contributed by atoms with Crippen LogP contribution in [-0.4, -0.2) is 36.1 Å². The SMILES string of the molecule is CCN1CCC(CNc2ccc3ncccc3c2N)C1. The van der Waals surface area contributed by atoms with Crippen LogP contribution in [-0.2, 0) is 0 Å². The quantitative estimate of drug-likeness (QED) is 0.838. The molecule has 1 aromatic heterocycles. The van der Waals surface area contributed by atoms with Gasteiger partial charge in [0.1, 0.15) is 0 Å². The third kappa shape index (κ3) is 2.56. The van der Waals surface area contributed by atoms with Crippen LogP contribution >= 0.6 is 0 Å². The van der Waals surface area contributed by atoms with Crippen LogP contribution in [0.4, 0.5) is 11.4 Å². The van der Waals surface area contributed by atoms with Crippen molar-refractivity contribution in [1.82, 2.24) is 9.88 Å². The topological polar surface area (TPSA) is 54.2 Å². The average molecular weight is 270 g/mol. The first kappa shape index (κ1) is 13.2. The maximum absolute atomic E-state index is 6.24. The van der Waals surface area contributed by atoms with Crippen LogP contribution in [0.2, 0.25) is 0 Å². The van der Waals surface area contributed by atoms with E-state index < -0.39 is 0 Å². The summed E-state index contributed by atoms with van der Waals surface area (Å²) < 4.78 is 0. The Morgan fingerprint density at radius 1 is 1.40 bits per heavy atom. The molecule has 106 valence electrons. The Hall–Kier alpha value is -1.81. The first-order valence-electron chi connectivity index (χ1n) is 7.37. The number of aromatic nitrogens is 1. The Morgan fingerprint density at radius 2 is 2.30 bits per heavy atom. The fourth-order valence-corrected chi connectivity index (χ4v) is 2.95. The molecule has 2 aromatic rings. The number of hydrogen-bond donors (Lipinski definition) is 2. The number of fused-ring (bicyclic) bond motifs is 1. The summed E-state index contributed by atoms with van der Waals surface area (Å²) in [7, 11) is 0. The molecule has 20 heavy (non-hydrogen) atoms. The molecular weight excluding hydrogens is 248 g/mol. The van der Waals surface area contributed by atoms with Gasteiger partial charge in [0.05, 0.1) is 16.9 Å². The van der Waals surface area contributed by atoms with E-state index in [4.69, 9.17) is 5.73 Å². The summed E-state index contributed by atoms with van der Waals surface area (Å²) in [5.74, 6) is 0.721. The van der Waals surface area contributed by atoms with E-state index in [0.29, 0.717) is 0 Å². The van der Waals surface area contributed by atoms with Crippen molar-refractivity contribution in [3.05, 3.63) is 30.5 Å². The Labute approximate surface area is 120 Å². The number of nitrogens with one attached hydrogen (secondary N) is 1. The predicted molar refractivity (Wildman–Crippen MR) is 84.9 cm³/mol. The van der Waals surface area contributed by atoms with Crippen molar-refractivity contribution in [1.29, 1.82) is 0 Å². The molecule has 1 aliphatic rings. The number of nitrogens with zero attached hydrogens (tertiary/aromatic N) is 2. The fraction of sp³-hybridized carbons (Fsp3) is 0.438. The van der Waals surface area contributed by atoms with E-state index in [1.807, 2.05) is 24.3 Å². The van der Waals surface area contributed by atoms with Crippen molar-refractivity contribution in [3.63, 3.8) is 0 Å². The summed E-state index contributed by atoms with van der Waals surface area (Å²) in [5, 5.41) is 4.54. The molecule has 0 saturated carbocycles. The van der Waals surface area contributed by atoms with Gasteiger partial charge >= 0.3 is 0 Å². The van der Waals surface area contributed by atoms with Gasteiger partial charge in [-0.3, -0.25) is 4.98 Å². The largest absolute Gasteiger partial charge is 0.397 e. The molecule has 1 aromatic carbocycles. The van der Waals surface area contributed by atoms with Gasteiger partial charge in [-0.1, -0.05) is 6.92 Å². The Morgan fingerprint density at radius 3 is 3.10 bits per heavy atom. The summed E-state index contributed by atoms with van der Waals surface area (Å²) in [6.07, 6.45) is 3.07. The van der Waals surface area contributed by atoms with Crippen molar-refractivity contribution in [2.45, 2.75) is 13.3 Å². The molecule has 0 bridgehead atoms. The van der Waals surface area contributed by atoms with Crippen LogP contribution in [0.5, 0.6) is 0 Å². The van der Waals surface area contributed by atoms with Gasteiger partial charge in [0, 0.05) is 24.7 Å². The fourth-order valence-electron chi connectivity index (χ4n) is 2.95. The van der Waals surface area contributed by atoms with E-state index >= 15 is 0 Å². The molecule has 1 aliphatic heterocycles. The molecule has 1 atom stereocenters. The summed E-state index contributed by atoms with van der Waals surface area (Å²) in [5.41, 5.74) is 9.03. The molecule has 3 N–H and O–H groups in total. The molecule has 0 aliphatic carbocycles. The first-order valence-corrected chi connectivity index (χ1v) is 7.37. The van der Waals surface area contributed by atoms with E-state index in [2.05, 4.69) is 22.1 Å². The zero-order valence-electron chi connectivity index (χ0n) is 12.0. The zero-order chi connectivity index (χ0) is 13.9. The number of benzene rings is 1. The van der Waals surface area contributed by atoms with Gasteiger partial charge in [-0.15, -0.1) is 0 Å². The second kappa shape index (κ2) is 5.67. The highest BCUT2D eigenvalue weighted by atomic mass is 15.1. The van der Waals surface area contributed by atoms with Crippen molar-refractivity contribution >= 4 is 22.3 Å². The van der Waals surface area contributed by atoms with Crippen molar-refractivity contribution in [3.8, 4) is 0 Å². The molecule has 2 heterocycles. The van der Waals surface area contributed by atoms with Gasteiger partial charge in [-0.05, 0) is 49.7 Å². The lowest BCUT2D eigenvalue weighted by atomic mass is 10.1. The van der Waals surface area contributed by atoms with Crippen LogP contribution in [0.15, 0.2) is 30.5 Å². The molecule has 1 fully saturated rings. The molecular formula is C16H22N4. The van der Waals surface area contributed by atoms with Gasteiger partial charge in [-0.2, -0.15) is 0 Å². The highest BCUT2D eigenvalue weighted by molar-refractivity contribution is 5.96.